The van der Waals surface area contributed by atoms with Crippen LogP contribution in [0.4, 0.5) is 0 Å². The van der Waals surface area contributed by atoms with E-state index in [9.17, 15) is 0 Å². The van der Waals surface area contributed by atoms with E-state index in [-0.39, 0.29) is 0 Å². The second-order valence-electron chi connectivity index (χ2n) is 3.67. The zero-order valence-corrected chi connectivity index (χ0v) is 12.2. The van der Waals surface area contributed by atoms with E-state index in [2.05, 4.69) is 44.7 Å². The average molecular weight is 234 g/mol. The van der Waals surface area contributed by atoms with Crippen LogP contribution in [0.1, 0.15) is 58.9 Å². The fourth-order valence-electron chi connectivity index (χ4n) is 1.27. The van der Waals surface area contributed by atoms with Crippen LogP contribution in [0.2, 0.25) is 0 Å². The summed E-state index contributed by atoms with van der Waals surface area (Å²) in [6.45, 7) is 12.1. The summed E-state index contributed by atoms with van der Waals surface area (Å²) in [7, 11) is 0. The van der Waals surface area contributed by atoms with Crippen molar-refractivity contribution in [3.8, 4) is 0 Å². The molecule has 0 aliphatic heterocycles. The topological polar surface area (TPSA) is 0 Å². The van der Waals surface area contributed by atoms with Gasteiger partial charge in [0.1, 0.15) is 0 Å². The molecule has 0 spiro atoms. The minimum atomic E-state index is 1.07. The van der Waals surface area contributed by atoms with Gasteiger partial charge in [0, 0.05) is 0 Å². The maximum Gasteiger partial charge on any atom is -0.0244 e. The molecule has 0 nitrogen and oxygen atoms in total. The van der Waals surface area contributed by atoms with E-state index >= 15 is 0 Å². The molecule has 0 saturated heterocycles. The van der Waals surface area contributed by atoms with Gasteiger partial charge in [-0.05, 0) is 18.4 Å². The third-order valence-corrected chi connectivity index (χ3v) is 2.19. The molecule has 0 saturated carbocycles. The van der Waals surface area contributed by atoms with Crippen LogP contribution >= 0.6 is 0 Å². The van der Waals surface area contributed by atoms with E-state index in [4.69, 9.17) is 0 Å². The number of benzene rings is 1. The molecule has 1 aromatic rings. The van der Waals surface area contributed by atoms with Crippen LogP contribution in [0.3, 0.4) is 0 Å². The summed E-state index contributed by atoms with van der Waals surface area (Å²) in [6, 6.07) is 10.5. The molecule has 0 amide bonds. The van der Waals surface area contributed by atoms with Crippen molar-refractivity contribution in [1.29, 1.82) is 0 Å². The molecule has 1 aromatic carbocycles. The van der Waals surface area contributed by atoms with Gasteiger partial charge in [-0.25, -0.2) is 0 Å². The normalized spacial score (nSPS) is 8.24. The van der Waals surface area contributed by atoms with Crippen LogP contribution in [0.5, 0.6) is 0 Å². The summed E-state index contributed by atoms with van der Waals surface area (Å²) in [5, 5.41) is 0. The predicted molar refractivity (Wildman–Crippen MR) is 81.5 cm³/mol. The summed E-state index contributed by atoms with van der Waals surface area (Å²) in [5.74, 6) is 0. The molecule has 1 rings (SSSR count). The highest BCUT2D eigenvalue weighted by Crippen LogP contribution is 2.01. The van der Waals surface area contributed by atoms with E-state index in [1.165, 1.54) is 24.8 Å². The molecule has 98 valence electrons. The highest BCUT2D eigenvalue weighted by molar-refractivity contribution is 5.14. The molecule has 17 heavy (non-hydrogen) atoms. The number of unbranched alkanes of at least 4 members (excludes halogenated alkanes) is 2. The van der Waals surface area contributed by atoms with Crippen molar-refractivity contribution in [3.05, 3.63) is 48.6 Å². The minimum absolute atomic E-state index is 1.07. The summed E-state index contributed by atoms with van der Waals surface area (Å²) < 4.78 is 0. The van der Waals surface area contributed by atoms with Crippen molar-refractivity contribution in [3.63, 3.8) is 0 Å². The van der Waals surface area contributed by atoms with Crippen LogP contribution in [0.15, 0.2) is 43.0 Å². The Kier molecular flexibility index (Phi) is 18.7. The molecule has 0 heteroatoms. The Balaban J connectivity index is 0. The molecule has 0 aromatic heterocycles. The van der Waals surface area contributed by atoms with E-state index in [0.717, 1.165) is 12.8 Å². The quantitative estimate of drug-likeness (QED) is 0.546. The van der Waals surface area contributed by atoms with Crippen LogP contribution in [0.25, 0.3) is 0 Å². The van der Waals surface area contributed by atoms with Crippen molar-refractivity contribution >= 4 is 0 Å². The maximum atomic E-state index is 3.68. The monoisotopic (exact) mass is 234 g/mol. The van der Waals surface area contributed by atoms with Crippen molar-refractivity contribution in [1.82, 2.24) is 0 Å². The zero-order valence-electron chi connectivity index (χ0n) is 12.2. The van der Waals surface area contributed by atoms with Crippen LogP contribution in [-0.2, 0) is 6.42 Å². The van der Waals surface area contributed by atoms with Crippen LogP contribution < -0.4 is 0 Å². The zero-order chi connectivity index (χ0) is 13.4. The average Bonchev–Trinajstić information content (AvgIpc) is 2.41. The molecule has 0 aliphatic rings. The maximum absolute atomic E-state index is 3.68. The number of hydrogen-bond donors (Lipinski definition) is 0. The third kappa shape index (κ3) is 15.0. The summed E-state index contributed by atoms with van der Waals surface area (Å²) in [5.41, 5.74) is 1.39. The van der Waals surface area contributed by atoms with Gasteiger partial charge in [-0.2, -0.15) is 0 Å². The lowest BCUT2D eigenvalue weighted by Gasteiger charge is -1.94. The second-order valence-corrected chi connectivity index (χ2v) is 3.67. The third-order valence-electron chi connectivity index (χ3n) is 2.19. The SMILES string of the molecule is C=CCCc1ccccc1.CC.CCCCC. The number of aryl methyl sites for hydroxylation is 1. The molecule has 0 radical (unpaired) electrons. The van der Waals surface area contributed by atoms with Gasteiger partial charge in [0.05, 0.1) is 0 Å². The van der Waals surface area contributed by atoms with Crippen molar-refractivity contribution in [2.24, 2.45) is 0 Å². The molecule has 0 atom stereocenters. The van der Waals surface area contributed by atoms with E-state index < -0.39 is 0 Å². The lowest BCUT2D eigenvalue weighted by molar-refractivity contribution is 0.772. The number of allylic oxidation sites excluding steroid dienone is 1. The lowest BCUT2D eigenvalue weighted by Crippen LogP contribution is -1.79. The van der Waals surface area contributed by atoms with Gasteiger partial charge in [-0.1, -0.05) is 83.4 Å². The Morgan fingerprint density at radius 1 is 1.00 bits per heavy atom. The molecule has 0 fully saturated rings. The van der Waals surface area contributed by atoms with Gasteiger partial charge < -0.3 is 0 Å². The van der Waals surface area contributed by atoms with Gasteiger partial charge in [0.15, 0.2) is 0 Å². The Hall–Kier alpha value is -1.04. The molecule has 0 unspecified atom stereocenters. The minimum Gasteiger partial charge on any atom is -0.103 e. The first-order valence-electron chi connectivity index (χ1n) is 6.99. The van der Waals surface area contributed by atoms with E-state index in [0.29, 0.717) is 0 Å². The highest BCUT2D eigenvalue weighted by Gasteiger charge is 1.85. The fraction of sp³-hybridized carbons (Fsp3) is 0.529. The summed E-state index contributed by atoms with van der Waals surface area (Å²) in [6.07, 6.45) is 8.22. The van der Waals surface area contributed by atoms with Gasteiger partial charge >= 0.3 is 0 Å². The summed E-state index contributed by atoms with van der Waals surface area (Å²) >= 11 is 0. The van der Waals surface area contributed by atoms with Gasteiger partial charge in [-0.15, -0.1) is 6.58 Å². The Bertz CT molecular complexity index is 221. The molecular formula is C17H30. The first-order valence-corrected chi connectivity index (χ1v) is 6.99. The van der Waals surface area contributed by atoms with Crippen molar-refractivity contribution in [2.75, 3.05) is 0 Å². The van der Waals surface area contributed by atoms with E-state index in [1.54, 1.807) is 0 Å². The molecule has 0 heterocycles. The smallest absolute Gasteiger partial charge is 0.0244 e. The molecule has 0 bridgehead atoms. The highest BCUT2D eigenvalue weighted by atomic mass is 13.9. The van der Waals surface area contributed by atoms with Gasteiger partial charge in [0.2, 0.25) is 0 Å². The largest absolute Gasteiger partial charge is 0.103 e. The van der Waals surface area contributed by atoms with Crippen LogP contribution in [0, 0.1) is 0 Å². The molecular weight excluding hydrogens is 204 g/mol. The van der Waals surface area contributed by atoms with Gasteiger partial charge in [0.25, 0.3) is 0 Å². The second kappa shape index (κ2) is 17.4. The Morgan fingerprint density at radius 2 is 1.53 bits per heavy atom. The standard InChI is InChI=1S/C10H12.C5H12.C2H6/c1-2-3-7-10-8-5-4-6-9-10;1-3-5-4-2;1-2/h2,4-6,8-9H,1,3,7H2;3-5H2,1-2H3;1-2H3. The Labute approximate surface area is 109 Å². The lowest BCUT2D eigenvalue weighted by atomic mass is 10.1. The molecule has 0 aliphatic carbocycles. The van der Waals surface area contributed by atoms with Crippen molar-refractivity contribution in [2.45, 2.75) is 59.8 Å². The number of rotatable bonds is 5. The fourth-order valence-corrected chi connectivity index (χ4v) is 1.27. The summed E-state index contributed by atoms with van der Waals surface area (Å²) in [4.78, 5) is 0. The van der Waals surface area contributed by atoms with E-state index in [1.807, 2.05) is 26.0 Å². The Morgan fingerprint density at radius 3 is 1.88 bits per heavy atom. The first kappa shape index (κ1) is 18.3. The predicted octanol–water partition coefficient (Wildman–Crippen LogP) is 6.03. The van der Waals surface area contributed by atoms with Crippen molar-refractivity contribution < 1.29 is 0 Å². The van der Waals surface area contributed by atoms with Gasteiger partial charge in [-0.3, -0.25) is 0 Å². The first-order chi connectivity index (χ1) is 8.35. The van der Waals surface area contributed by atoms with Crippen LogP contribution in [-0.4, -0.2) is 0 Å². The number of hydrogen-bond acceptors (Lipinski definition) is 0. The molecule has 0 N–H and O–H groups in total.